The van der Waals surface area contributed by atoms with Crippen LogP contribution < -0.4 is 0 Å². The van der Waals surface area contributed by atoms with Crippen molar-refractivity contribution in [1.82, 2.24) is 4.90 Å². The van der Waals surface area contributed by atoms with Crippen molar-refractivity contribution in [1.29, 1.82) is 0 Å². The summed E-state index contributed by atoms with van der Waals surface area (Å²) in [5, 5.41) is 0. The van der Waals surface area contributed by atoms with Crippen molar-refractivity contribution in [3.05, 3.63) is 112 Å². The molecule has 0 bridgehead atoms. The minimum absolute atomic E-state index is 0. The molecular weight excluding hydrogens is 399 g/mol. The molecule has 0 atom stereocenters. The van der Waals surface area contributed by atoms with Gasteiger partial charge in [-0.25, -0.2) is 9.24 Å². The number of Topliss-reactive ketones (excluding diaryl/α,β-unsaturated/α-hetero) is 1. The molecule has 0 amide bonds. The fraction of sp³-hybridized carbons (Fsp3) is 0.200. The summed E-state index contributed by atoms with van der Waals surface area (Å²) in [4.78, 5) is 18.4. The zero-order valence-corrected chi connectivity index (χ0v) is 17.3. The van der Waals surface area contributed by atoms with E-state index in [9.17, 15) is 9.18 Å². The lowest BCUT2D eigenvalue weighted by molar-refractivity contribution is 0.0992. The standard InChI is InChI=1S/C25H21FN2O.ClH/c1-27-24-9-5-18(6-10-24)14-25(29)21-4-2-3-19(13-21)16-28-12-11-20-7-8-23(26)15-22(20)17-28;/h2-10,13,15H,11-12,14,16-17H2;1H. The Bertz CT molecular complexity index is 1090. The van der Waals surface area contributed by atoms with Crippen molar-refractivity contribution in [2.24, 2.45) is 0 Å². The lowest BCUT2D eigenvalue weighted by Gasteiger charge is -2.28. The Morgan fingerprint density at radius 3 is 2.57 bits per heavy atom. The predicted molar refractivity (Wildman–Crippen MR) is 119 cm³/mol. The summed E-state index contributed by atoms with van der Waals surface area (Å²) in [6, 6.07) is 19.9. The highest BCUT2D eigenvalue weighted by Crippen LogP contribution is 2.22. The third-order valence-electron chi connectivity index (χ3n) is 5.34. The van der Waals surface area contributed by atoms with Gasteiger partial charge in [-0.1, -0.05) is 48.5 Å². The summed E-state index contributed by atoms with van der Waals surface area (Å²) in [7, 11) is 0. The highest BCUT2D eigenvalue weighted by Gasteiger charge is 2.17. The third kappa shape index (κ3) is 5.13. The first-order valence-corrected chi connectivity index (χ1v) is 9.69. The SMILES string of the molecule is Cl.[C-]#[N+]c1ccc(CC(=O)c2cccc(CN3CCc4ccc(F)cc4C3)c2)cc1. The number of carbonyl (C=O) groups excluding carboxylic acids is 1. The van der Waals surface area contributed by atoms with Gasteiger partial charge in [0, 0.05) is 31.6 Å². The molecule has 1 aliphatic rings. The van der Waals surface area contributed by atoms with Crippen LogP contribution in [0.15, 0.2) is 66.7 Å². The van der Waals surface area contributed by atoms with Crippen LogP contribution in [0.25, 0.3) is 4.85 Å². The number of nitrogens with zero attached hydrogens (tertiary/aromatic N) is 2. The van der Waals surface area contributed by atoms with Gasteiger partial charge >= 0.3 is 0 Å². The minimum atomic E-state index is -0.192. The number of hydrogen-bond acceptors (Lipinski definition) is 2. The van der Waals surface area contributed by atoms with E-state index in [1.165, 1.54) is 11.6 Å². The average molecular weight is 421 g/mol. The Morgan fingerprint density at radius 2 is 1.80 bits per heavy atom. The summed E-state index contributed by atoms with van der Waals surface area (Å²) in [5.41, 5.74) is 5.52. The molecule has 4 rings (SSSR count). The maximum atomic E-state index is 13.5. The summed E-state index contributed by atoms with van der Waals surface area (Å²) in [6.45, 7) is 9.38. The van der Waals surface area contributed by atoms with Gasteiger partial charge in [0.15, 0.2) is 11.5 Å². The summed E-state index contributed by atoms with van der Waals surface area (Å²) in [5.74, 6) is -0.129. The summed E-state index contributed by atoms with van der Waals surface area (Å²) >= 11 is 0. The molecule has 3 aromatic rings. The normalized spacial score (nSPS) is 13.1. The lowest BCUT2D eigenvalue weighted by atomic mass is 9.98. The zero-order chi connectivity index (χ0) is 20.2. The highest BCUT2D eigenvalue weighted by molar-refractivity contribution is 5.97. The summed E-state index contributed by atoms with van der Waals surface area (Å²) in [6.07, 6.45) is 1.23. The van der Waals surface area contributed by atoms with Crippen LogP contribution in [-0.2, 0) is 25.9 Å². The molecule has 1 heterocycles. The van der Waals surface area contributed by atoms with Crippen LogP contribution in [0, 0.1) is 12.4 Å². The molecule has 0 spiro atoms. The van der Waals surface area contributed by atoms with E-state index in [2.05, 4.69) is 9.74 Å². The first-order chi connectivity index (χ1) is 14.1. The van der Waals surface area contributed by atoms with Crippen LogP contribution in [0.4, 0.5) is 10.1 Å². The molecule has 0 saturated carbocycles. The van der Waals surface area contributed by atoms with Gasteiger partial charge in [0.25, 0.3) is 0 Å². The molecule has 0 unspecified atom stereocenters. The molecule has 0 aromatic heterocycles. The monoisotopic (exact) mass is 420 g/mol. The second-order valence-electron chi connectivity index (χ2n) is 7.45. The van der Waals surface area contributed by atoms with Gasteiger partial charge in [0.2, 0.25) is 0 Å². The van der Waals surface area contributed by atoms with Crippen LogP contribution in [0.2, 0.25) is 0 Å². The van der Waals surface area contributed by atoms with Crippen molar-refractivity contribution in [2.45, 2.75) is 25.9 Å². The number of rotatable bonds is 5. The van der Waals surface area contributed by atoms with Crippen LogP contribution in [0.3, 0.4) is 0 Å². The maximum absolute atomic E-state index is 13.5. The Morgan fingerprint density at radius 1 is 1.00 bits per heavy atom. The van der Waals surface area contributed by atoms with Crippen molar-refractivity contribution >= 4 is 23.9 Å². The highest BCUT2D eigenvalue weighted by atomic mass is 35.5. The number of ketones is 1. The van der Waals surface area contributed by atoms with Crippen LogP contribution >= 0.6 is 12.4 Å². The van der Waals surface area contributed by atoms with Gasteiger partial charge in [-0.05, 0) is 46.9 Å². The van der Waals surface area contributed by atoms with Crippen LogP contribution in [0.1, 0.15) is 32.6 Å². The molecule has 0 aliphatic carbocycles. The topological polar surface area (TPSA) is 24.7 Å². The smallest absolute Gasteiger partial charge is 0.187 e. The average Bonchev–Trinajstić information content (AvgIpc) is 2.74. The van der Waals surface area contributed by atoms with Gasteiger partial charge < -0.3 is 0 Å². The Hall–Kier alpha value is -3.00. The quantitative estimate of drug-likeness (QED) is 0.386. The van der Waals surface area contributed by atoms with E-state index in [1.54, 1.807) is 18.2 Å². The second-order valence-corrected chi connectivity index (χ2v) is 7.45. The fourth-order valence-corrected chi connectivity index (χ4v) is 3.80. The minimum Gasteiger partial charge on any atom is -0.294 e. The molecule has 0 fully saturated rings. The number of fused-ring (bicyclic) bond motifs is 1. The van der Waals surface area contributed by atoms with Gasteiger partial charge in [-0.3, -0.25) is 9.69 Å². The molecule has 0 radical (unpaired) electrons. The number of carbonyl (C=O) groups is 1. The van der Waals surface area contributed by atoms with Gasteiger partial charge in [0.1, 0.15) is 5.82 Å². The number of hydrogen-bond donors (Lipinski definition) is 0. The summed E-state index contributed by atoms with van der Waals surface area (Å²) < 4.78 is 13.5. The van der Waals surface area contributed by atoms with Crippen molar-refractivity contribution < 1.29 is 9.18 Å². The van der Waals surface area contributed by atoms with E-state index in [0.29, 0.717) is 17.7 Å². The Balaban J connectivity index is 0.00000256. The molecule has 3 nitrogen and oxygen atoms in total. The van der Waals surface area contributed by atoms with Crippen molar-refractivity contribution in [2.75, 3.05) is 6.54 Å². The second kappa shape index (κ2) is 9.67. The first kappa shape index (κ1) is 21.7. The van der Waals surface area contributed by atoms with E-state index in [4.69, 9.17) is 6.57 Å². The van der Waals surface area contributed by atoms with E-state index < -0.39 is 0 Å². The maximum Gasteiger partial charge on any atom is 0.187 e. The zero-order valence-electron chi connectivity index (χ0n) is 16.5. The fourth-order valence-electron chi connectivity index (χ4n) is 3.80. The molecule has 152 valence electrons. The molecule has 5 heteroatoms. The lowest BCUT2D eigenvalue weighted by Crippen LogP contribution is -2.30. The Kier molecular flexibility index (Phi) is 6.99. The van der Waals surface area contributed by atoms with E-state index >= 15 is 0 Å². The Labute approximate surface area is 182 Å². The first-order valence-electron chi connectivity index (χ1n) is 9.69. The van der Waals surface area contributed by atoms with E-state index in [0.717, 1.165) is 42.7 Å². The van der Waals surface area contributed by atoms with Gasteiger partial charge in [-0.2, -0.15) is 0 Å². The van der Waals surface area contributed by atoms with Gasteiger partial charge in [0.05, 0.1) is 6.57 Å². The van der Waals surface area contributed by atoms with Gasteiger partial charge in [-0.15, -0.1) is 12.4 Å². The molecule has 30 heavy (non-hydrogen) atoms. The third-order valence-corrected chi connectivity index (χ3v) is 5.34. The molecule has 0 saturated heterocycles. The molecule has 1 aliphatic heterocycles. The van der Waals surface area contributed by atoms with Crippen LogP contribution in [0.5, 0.6) is 0 Å². The van der Waals surface area contributed by atoms with Crippen LogP contribution in [-0.4, -0.2) is 17.2 Å². The largest absolute Gasteiger partial charge is 0.294 e. The molecule has 3 aromatic carbocycles. The van der Waals surface area contributed by atoms with E-state index in [-0.39, 0.29) is 24.0 Å². The predicted octanol–water partition coefficient (Wildman–Crippen LogP) is 5.78. The van der Waals surface area contributed by atoms with E-state index in [1.807, 2.05) is 42.5 Å². The number of benzene rings is 3. The van der Waals surface area contributed by atoms with Crippen molar-refractivity contribution in [3.8, 4) is 0 Å². The van der Waals surface area contributed by atoms with Crippen molar-refractivity contribution in [3.63, 3.8) is 0 Å². The molecule has 0 N–H and O–H groups in total. The molecular formula is C25H22ClFN2O. The number of halogens is 2.